The Morgan fingerprint density at radius 1 is 1.55 bits per heavy atom. The summed E-state index contributed by atoms with van der Waals surface area (Å²) in [6.07, 6.45) is 3.43. The standard InChI is InChI=1S/C6H10NO3S/c1-11(9,10)6-2-3-7(4-6)5-8/h6H,2-4H2,1H3. The molecular formula is C6H10NO3S. The Balaban J connectivity index is 2.62. The quantitative estimate of drug-likeness (QED) is 0.552. The molecule has 1 aliphatic rings. The van der Waals surface area contributed by atoms with E-state index in [2.05, 4.69) is 0 Å². The molecule has 5 heteroatoms. The molecule has 0 spiro atoms. The van der Waals surface area contributed by atoms with Crippen molar-refractivity contribution in [2.75, 3.05) is 19.3 Å². The van der Waals surface area contributed by atoms with E-state index in [-0.39, 0.29) is 5.25 Å². The van der Waals surface area contributed by atoms with Gasteiger partial charge in [0.2, 0.25) is 0 Å². The van der Waals surface area contributed by atoms with Crippen LogP contribution in [0.4, 0.5) is 0 Å². The second-order valence-electron chi connectivity index (χ2n) is 2.78. The van der Waals surface area contributed by atoms with Gasteiger partial charge in [-0.05, 0) is 6.42 Å². The Bertz CT molecular complexity index is 247. The third kappa shape index (κ3) is 1.92. The number of nitrogens with zero attached hydrogens (tertiary/aromatic N) is 1. The lowest BCUT2D eigenvalue weighted by atomic mass is 10.4. The van der Waals surface area contributed by atoms with Gasteiger partial charge in [0.05, 0.1) is 5.25 Å². The van der Waals surface area contributed by atoms with E-state index in [0.29, 0.717) is 19.5 Å². The largest absolute Gasteiger partial charge is 0.333 e. The molecule has 1 saturated heterocycles. The van der Waals surface area contributed by atoms with Crippen LogP contribution in [-0.4, -0.2) is 44.3 Å². The zero-order chi connectivity index (χ0) is 8.48. The molecule has 1 aliphatic heterocycles. The Morgan fingerprint density at radius 2 is 2.18 bits per heavy atom. The van der Waals surface area contributed by atoms with Gasteiger partial charge in [0.1, 0.15) is 0 Å². The molecule has 11 heavy (non-hydrogen) atoms. The van der Waals surface area contributed by atoms with Crippen molar-refractivity contribution in [2.24, 2.45) is 0 Å². The number of amides is 1. The highest BCUT2D eigenvalue weighted by molar-refractivity contribution is 7.91. The molecule has 1 unspecified atom stereocenters. The molecule has 1 rings (SSSR count). The fourth-order valence-electron chi connectivity index (χ4n) is 1.16. The van der Waals surface area contributed by atoms with E-state index in [4.69, 9.17) is 0 Å². The van der Waals surface area contributed by atoms with Crippen molar-refractivity contribution in [1.29, 1.82) is 0 Å². The first-order valence-corrected chi connectivity index (χ1v) is 5.31. The summed E-state index contributed by atoms with van der Waals surface area (Å²) in [5.74, 6) is 0. The summed E-state index contributed by atoms with van der Waals surface area (Å²) in [6.45, 7) is 0.823. The average molecular weight is 176 g/mol. The normalized spacial score (nSPS) is 25.5. The third-order valence-corrected chi connectivity index (χ3v) is 3.48. The van der Waals surface area contributed by atoms with Gasteiger partial charge in [-0.15, -0.1) is 0 Å². The number of carbonyl (C=O) groups excluding carboxylic acids is 1. The lowest BCUT2D eigenvalue weighted by molar-refractivity contribution is 0.440. The SMILES string of the molecule is CS(=O)(=O)C1CCN([C]=O)C1. The van der Waals surface area contributed by atoms with Gasteiger partial charge >= 0.3 is 6.41 Å². The molecule has 1 amide bonds. The van der Waals surface area contributed by atoms with Crippen molar-refractivity contribution in [1.82, 2.24) is 4.90 Å². The van der Waals surface area contributed by atoms with E-state index in [1.807, 2.05) is 0 Å². The van der Waals surface area contributed by atoms with Gasteiger partial charge in [0.15, 0.2) is 9.84 Å². The summed E-state index contributed by atoms with van der Waals surface area (Å²) in [5.41, 5.74) is 0. The van der Waals surface area contributed by atoms with Crippen LogP contribution in [0, 0.1) is 0 Å². The summed E-state index contributed by atoms with van der Waals surface area (Å²) in [5, 5.41) is -0.371. The first-order chi connectivity index (χ1) is 5.04. The predicted octanol–water partition coefficient (Wildman–Crippen LogP) is -0.827. The van der Waals surface area contributed by atoms with Crippen molar-refractivity contribution in [2.45, 2.75) is 11.7 Å². The van der Waals surface area contributed by atoms with Crippen LogP contribution < -0.4 is 0 Å². The highest BCUT2D eigenvalue weighted by Gasteiger charge is 2.29. The van der Waals surface area contributed by atoms with Crippen LogP contribution in [0.1, 0.15) is 6.42 Å². The highest BCUT2D eigenvalue weighted by atomic mass is 32.2. The van der Waals surface area contributed by atoms with E-state index in [0.717, 1.165) is 0 Å². The number of rotatable bonds is 2. The summed E-state index contributed by atoms with van der Waals surface area (Å²) in [4.78, 5) is 11.5. The second kappa shape index (κ2) is 2.81. The Morgan fingerprint density at radius 3 is 2.45 bits per heavy atom. The molecule has 1 atom stereocenters. The van der Waals surface area contributed by atoms with E-state index in [9.17, 15) is 13.2 Å². The monoisotopic (exact) mass is 176 g/mol. The maximum Gasteiger partial charge on any atom is 0.312 e. The van der Waals surface area contributed by atoms with Crippen LogP contribution in [0.3, 0.4) is 0 Å². The predicted molar refractivity (Wildman–Crippen MR) is 40.5 cm³/mol. The molecule has 0 saturated carbocycles. The van der Waals surface area contributed by atoms with Crippen LogP contribution in [0.15, 0.2) is 0 Å². The van der Waals surface area contributed by atoms with E-state index in [1.165, 1.54) is 11.2 Å². The smallest absolute Gasteiger partial charge is 0.312 e. The van der Waals surface area contributed by atoms with E-state index < -0.39 is 9.84 Å². The molecule has 1 heterocycles. The molecule has 0 aromatic carbocycles. The topological polar surface area (TPSA) is 54.5 Å². The van der Waals surface area contributed by atoms with Crippen LogP contribution >= 0.6 is 0 Å². The number of hydrogen-bond acceptors (Lipinski definition) is 3. The Hall–Kier alpha value is -0.580. The van der Waals surface area contributed by atoms with Crippen LogP contribution in [0.25, 0.3) is 0 Å². The highest BCUT2D eigenvalue weighted by Crippen LogP contribution is 2.13. The Kier molecular flexibility index (Phi) is 2.17. The van der Waals surface area contributed by atoms with Crippen molar-refractivity contribution in [3.63, 3.8) is 0 Å². The molecule has 0 aromatic rings. The zero-order valence-corrected chi connectivity index (χ0v) is 7.10. The first-order valence-electron chi connectivity index (χ1n) is 3.35. The van der Waals surface area contributed by atoms with Gasteiger partial charge < -0.3 is 4.90 Å². The molecule has 0 aromatic heterocycles. The van der Waals surface area contributed by atoms with Crippen molar-refractivity contribution in [3.05, 3.63) is 0 Å². The summed E-state index contributed by atoms with van der Waals surface area (Å²) < 4.78 is 21.9. The lowest BCUT2D eigenvalue weighted by Gasteiger charge is -2.06. The van der Waals surface area contributed by atoms with Gasteiger partial charge in [-0.3, -0.25) is 4.79 Å². The minimum Gasteiger partial charge on any atom is -0.333 e. The molecule has 0 bridgehead atoms. The van der Waals surface area contributed by atoms with Gasteiger partial charge in [0, 0.05) is 19.3 Å². The first kappa shape index (κ1) is 8.52. The number of sulfone groups is 1. The van der Waals surface area contributed by atoms with Crippen molar-refractivity contribution < 1.29 is 13.2 Å². The summed E-state index contributed by atoms with van der Waals surface area (Å²) >= 11 is 0. The summed E-state index contributed by atoms with van der Waals surface area (Å²) in [7, 11) is -2.97. The van der Waals surface area contributed by atoms with Crippen LogP contribution in [0.2, 0.25) is 0 Å². The van der Waals surface area contributed by atoms with Gasteiger partial charge in [-0.1, -0.05) is 0 Å². The fraction of sp³-hybridized carbons (Fsp3) is 0.833. The molecular weight excluding hydrogens is 166 g/mol. The second-order valence-corrected chi connectivity index (χ2v) is 5.10. The van der Waals surface area contributed by atoms with Crippen LogP contribution in [-0.2, 0) is 14.6 Å². The molecule has 0 N–H and O–H groups in total. The van der Waals surface area contributed by atoms with E-state index >= 15 is 0 Å². The average Bonchev–Trinajstić information content (AvgIpc) is 2.32. The maximum atomic E-state index is 10.9. The number of likely N-dealkylation sites (tertiary alicyclic amines) is 1. The molecule has 4 nitrogen and oxygen atoms in total. The molecule has 0 aliphatic carbocycles. The van der Waals surface area contributed by atoms with E-state index in [1.54, 1.807) is 6.41 Å². The summed E-state index contributed by atoms with van der Waals surface area (Å²) in [6, 6.07) is 0. The van der Waals surface area contributed by atoms with Gasteiger partial charge in [-0.25, -0.2) is 8.42 Å². The number of hydrogen-bond donors (Lipinski definition) is 0. The van der Waals surface area contributed by atoms with Gasteiger partial charge in [0.25, 0.3) is 0 Å². The molecule has 63 valence electrons. The molecule has 1 fully saturated rings. The minimum absolute atomic E-state index is 0.308. The lowest BCUT2D eigenvalue weighted by Crippen LogP contribution is -2.25. The maximum absolute atomic E-state index is 10.9. The minimum atomic E-state index is -2.97. The van der Waals surface area contributed by atoms with Crippen molar-refractivity contribution in [3.8, 4) is 0 Å². The molecule has 1 radical (unpaired) electrons. The Labute approximate surface area is 66.1 Å². The van der Waals surface area contributed by atoms with Crippen LogP contribution in [0.5, 0.6) is 0 Å². The van der Waals surface area contributed by atoms with Gasteiger partial charge in [-0.2, -0.15) is 0 Å². The third-order valence-electron chi connectivity index (χ3n) is 1.88. The van der Waals surface area contributed by atoms with Crippen molar-refractivity contribution >= 4 is 16.2 Å². The fourth-order valence-corrected chi connectivity index (χ4v) is 2.14. The zero-order valence-electron chi connectivity index (χ0n) is 6.28.